The van der Waals surface area contributed by atoms with Crippen molar-refractivity contribution in [3.63, 3.8) is 0 Å². The highest BCUT2D eigenvalue weighted by molar-refractivity contribution is 5.94. The maximum absolute atomic E-state index is 12.4. The van der Waals surface area contributed by atoms with Crippen molar-refractivity contribution in [2.75, 3.05) is 0 Å². The number of hydrogen-bond donors (Lipinski definition) is 2. The normalized spacial score (nSPS) is 17.2. The lowest BCUT2D eigenvalue weighted by molar-refractivity contribution is 0.0931. The van der Waals surface area contributed by atoms with E-state index in [4.69, 9.17) is 0 Å². The molecule has 0 bridgehead atoms. The lowest BCUT2D eigenvalue weighted by atomic mass is 9.91. The number of pyridine rings is 1. The molecule has 4 heteroatoms. The van der Waals surface area contributed by atoms with Crippen LogP contribution in [0.25, 0.3) is 10.9 Å². The van der Waals surface area contributed by atoms with Gasteiger partial charge in [-0.25, -0.2) is 0 Å². The number of aromatic amines is 1. The van der Waals surface area contributed by atoms with Crippen molar-refractivity contribution < 1.29 is 4.79 Å². The third-order valence-electron chi connectivity index (χ3n) is 4.34. The fourth-order valence-corrected chi connectivity index (χ4v) is 3.30. The summed E-state index contributed by atoms with van der Waals surface area (Å²) in [7, 11) is 0. The van der Waals surface area contributed by atoms with Gasteiger partial charge in [0.1, 0.15) is 0 Å². The Morgan fingerprint density at radius 2 is 2.14 bits per heavy atom. The van der Waals surface area contributed by atoms with Crippen LogP contribution in [0.2, 0.25) is 0 Å². The van der Waals surface area contributed by atoms with Gasteiger partial charge in [-0.2, -0.15) is 0 Å². The van der Waals surface area contributed by atoms with Crippen LogP contribution in [0.4, 0.5) is 0 Å². The van der Waals surface area contributed by atoms with Gasteiger partial charge in [0.15, 0.2) is 0 Å². The van der Waals surface area contributed by atoms with Crippen molar-refractivity contribution in [2.45, 2.75) is 25.3 Å². The van der Waals surface area contributed by atoms with E-state index < -0.39 is 0 Å². The topological polar surface area (TPSA) is 57.8 Å². The average Bonchev–Trinajstić information content (AvgIpc) is 2.95. The number of H-pyrrole nitrogens is 1. The van der Waals surface area contributed by atoms with Crippen molar-refractivity contribution >= 4 is 16.8 Å². The summed E-state index contributed by atoms with van der Waals surface area (Å²) in [4.78, 5) is 19.9. The second-order valence-electron chi connectivity index (χ2n) is 5.72. The molecule has 0 saturated heterocycles. The molecule has 0 spiro atoms. The highest BCUT2D eigenvalue weighted by Crippen LogP contribution is 2.34. The molecule has 0 saturated carbocycles. The Labute approximate surface area is 128 Å². The third kappa shape index (κ3) is 2.17. The summed E-state index contributed by atoms with van der Waals surface area (Å²) in [5.74, 6) is -0.0652. The number of hydrogen-bond acceptors (Lipinski definition) is 2. The predicted octanol–water partition coefficient (Wildman–Crippen LogP) is 3.37. The molecular weight excluding hydrogens is 274 g/mol. The van der Waals surface area contributed by atoms with E-state index in [0.29, 0.717) is 5.56 Å². The molecule has 1 atom stereocenters. The average molecular weight is 291 g/mol. The summed E-state index contributed by atoms with van der Waals surface area (Å²) in [5, 5.41) is 4.42. The predicted molar refractivity (Wildman–Crippen MR) is 85.7 cm³/mol. The molecule has 110 valence electrons. The number of carbonyl (C=O) groups excluding carboxylic acids is 1. The van der Waals surface area contributed by atoms with Gasteiger partial charge in [0.2, 0.25) is 0 Å². The molecule has 0 unspecified atom stereocenters. The molecule has 22 heavy (non-hydrogen) atoms. The van der Waals surface area contributed by atoms with Gasteiger partial charge in [0, 0.05) is 29.0 Å². The molecule has 0 radical (unpaired) electrons. The molecule has 3 aromatic rings. The highest BCUT2D eigenvalue weighted by atomic mass is 16.1. The van der Waals surface area contributed by atoms with Crippen molar-refractivity contribution in [1.29, 1.82) is 0 Å². The number of aromatic nitrogens is 2. The Balaban J connectivity index is 1.66. The number of benzene rings is 1. The smallest absolute Gasteiger partial charge is 0.253 e. The van der Waals surface area contributed by atoms with Gasteiger partial charge in [0.05, 0.1) is 11.6 Å². The summed E-state index contributed by atoms with van der Waals surface area (Å²) in [6, 6.07) is 12.0. The fourth-order valence-electron chi connectivity index (χ4n) is 3.30. The van der Waals surface area contributed by atoms with Crippen LogP contribution in [0.15, 0.2) is 48.8 Å². The van der Waals surface area contributed by atoms with Gasteiger partial charge < -0.3 is 10.3 Å². The van der Waals surface area contributed by atoms with E-state index in [1.807, 2.05) is 6.07 Å². The molecule has 1 aromatic carbocycles. The lowest BCUT2D eigenvalue weighted by Gasteiger charge is -2.23. The SMILES string of the molecule is O=C(N[C@@H]1CCCc2c1[nH]c1ccccc21)c1cccnc1. The summed E-state index contributed by atoms with van der Waals surface area (Å²) in [6.45, 7) is 0. The first-order valence-electron chi connectivity index (χ1n) is 7.63. The second kappa shape index (κ2) is 5.30. The minimum atomic E-state index is -0.0652. The number of fused-ring (bicyclic) bond motifs is 3. The Bertz CT molecular complexity index is 823. The van der Waals surface area contributed by atoms with E-state index in [0.717, 1.165) is 30.5 Å². The molecule has 4 nitrogen and oxygen atoms in total. The van der Waals surface area contributed by atoms with Crippen molar-refractivity contribution in [1.82, 2.24) is 15.3 Å². The number of amides is 1. The number of nitrogens with zero attached hydrogens (tertiary/aromatic N) is 1. The van der Waals surface area contributed by atoms with E-state index in [1.165, 1.54) is 10.9 Å². The molecule has 1 aliphatic rings. The number of nitrogens with one attached hydrogen (secondary N) is 2. The monoisotopic (exact) mass is 291 g/mol. The third-order valence-corrected chi connectivity index (χ3v) is 4.34. The quantitative estimate of drug-likeness (QED) is 0.760. The van der Waals surface area contributed by atoms with Crippen LogP contribution in [0.3, 0.4) is 0 Å². The van der Waals surface area contributed by atoms with Gasteiger partial charge in [0.25, 0.3) is 5.91 Å². The van der Waals surface area contributed by atoms with Crippen molar-refractivity contribution in [3.8, 4) is 0 Å². The lowest BCUT2D eigenvalue weighted by Crippen LogP contribution is -2.31. The van der Waals surface area contributed by atoms with Gasteiger partial charge >= 0.3 is 0 Å². The van der Waals surface area contributed by atoms with Crippen molar-refractivity contribution in [2.24, 2.45) is 0 Å². The second-order valence-corrected chi connectivity index (χ2v) is 5.72. The molecule has 2 aromatic heterocycles. The molecule has 2 heterocycles. The largest absolute Gasteiger partial charge is 0.356 e. The van der Waals surface area contributed by atoms with E-state index >= 15 is 0 Å². The number of rotatable bonds is 2. The fraction of sp³-hybridized carbons (Fsp3) is 0.222. The summed E-state index contributed by atoms with van der Waals surface area (Å²) >= 11 is 0. The first kappa shape index (κ1) is 13.1. The first-order chi connectivity index (χ1) is 10.8. The first-order valence-corrected chi connectivity index (χ1v) is 7.63. The van der Waals surface area contributed by atoms with E-state index in [1.54, 1.807) is 24.5 Å². The Hall–Kier alpha value is -2.62. The summed E-state index contributed by atoms with van der Waals surface area (Å²) in [5.41, 5.74) is 4.25. The molecule has 0 aliphatic heterocycles. The minimum absolute atomic E-state index is 0.0452. The molecule has 1 amide bonds. The molecular formula is C18H17N3O. The highest BCUT2D eigenvalue weighted by Gasteiger charge is 2.25. The maximum Gasteiger partial charge on any atom is 0.253 e. The molecule has 4 rings (SSSR count). The summed E-state index contributed by atoms with van der Waals surface area (Å²) < 4.78 is 0. The zero-order chi connectivity index (χ0) is 14.9. The van der Waals surface area contributed by atoms with E-state index in [-0.39, 0.29) is 11.9 Å². The van der Waals surface area contributed by atoms with Crippen LogP contribution < -0.4 is 5.32 Å². The standard InChI is InChI=1S/C18H17N3O/c22-18(12-5-4-10-19-11-12)21-16-9-3-7-14-13-6-1-2-8-15(13)20-17(14)16/h1-2,4-6,8,10-11,16,20H,3,7,9H2,(H,21,22)/t16-/m1/s1. The maximum atomic E-state index is 12.4. The van der Waals surface area contributed by atoms with Gasteiger partial charge in [-0.05, 0) is 43.0 Å². The van der Waals surface area contributed by atoms with Crippen LogP contribution in [0.1, 0.15) is 40.5 Å². The number of carbonyl (C=O) groups is 1. The van der Waals surface area contributed by atoms with Crippen LogP contribution in [-0.4, -0.2) is 15.9 Å². The van der Waals surface area contributed by atoms with Gasteiger partial charge in [-0.3, -0.25) is 9.78 Å². The van der Waals surface area contributed by atoms with Crippen LogP contribution in [-0.2, 0) is 6.42 Å². The molecule has 1 aliphatic carbocycles. The molecule has 2 N–H and O–H groups in total. The van der Waals surface area contributed by atoms with E-state index in [2.05, 4.69) is 33.5 Å². The minimum Gasteiger partial charge on any atom is -0.356 e. The Morgan fingerprint density at radius 1 is 1.23 bits per heavy atom. The zero-order valence-corrected chi connectivity index (χ0v) is 12.2. The number of para-hydroxylation sites is 1. The molecule has 0 fully saturated rings. The van der Waals surface area contributed by atoms with E-state index in [9.17, 15) is 4.79 Å². The Kier molecular flexibility index (Phi) is 3.15. The van der Waals surface area contributed by atoms with Crippen LogP contribution >= 0.6 is 0 Å². The van der Waals surface area contributed by atoms with Crippen LogP contribution in [0, 0.1) is 0 Å². The Morgan fingerprint density at radius 3 is 3.00 bits per heavy atom. The number of aryl methyl sites for hydroxylation is 1. The van der Waals surface area contributed by atoms with Gasteiger partial charge in [-0.1, -0.05) is 18.2 Å². The zero-order valence-electron chi connectivity index (χ0n) is 12.2. The van der Waals surface area contributed by atoms with Gasteiger partial charge in [-0.15, -0.1) is 0 Å². The van der Waals surface area contributed by atoms with Crippen LogP contribution in [0.5, 0.6) is 0 Å². The van der Waals surface area contributed by atoms with Crippen molar-refractivity contribution in [3.05, 3.63) is 65.6 Å². The summed E-state index contributed by atoms with van der Waals surface area (Å²) in [6.07, 6.45) is 6.40.